The van der Waals surface area contributed by atoms with Gasteiger partial charge in [-0.2, -0.15) is 0 Å². The lowest BCUT2D eigenvalue weighted by molar-refractivity contribution is -0.130. The highest BCUT2D eigenvalue weighted by Gasteiger charge is 2.45. The summed E-state index contributed by atoms with van der Waals surface area (Å²) < 4.78 is 10.6. The van der Waals surface area contributed by atoms with Crippen molar-refractivity contribution in [1.82, 2.24) is 15.3 Å². The smallest absolute Gasteiger partial charge is 0.410 e. The number of hydrogen-bond acceptors (Lipinski definition) is 5. The quantitative estimate of drug-likeness (QED) is 0.880. The number of hydrazine groups is 1. The minimum Gasteiger partial charge on any atom is -0.497 e. The lowest BCUT2D eigenvalue weighted by Crippen LogP contribution is -2.54. The van der Waals surface area contributed by atoms with Gasteiger partial charge in [-0.25, -0.2) is 10.2 Å². The van der Waals surface area contributed by atoms with E-state index in [4.69, 9.17) is 9.47 Å². The van der Waals surface area contributed by atoms with Gasteiger partial charge in [-0.05, 0) is 51.3 Å². The van der Waals surface area contributed by atoms with Crippen LogP contribution in [0.15, 0.2) is 24.3 Å². The van der Waals surface area contributed by atoms with Crippen LogP contribution in [0.4, 0.5) is 4.79 Å². The maximum absolute atomic E-state index is 12.5. The summed E-state index contributed by atoms with van der Waals surface area (Å²) in [5.41, 5.74) is 3.70. The fourth-order valence-corrected chi connectivity index (χ4v) is 3.55. The average molecular weight is 375 g/mol. The molecule has 7 nitrogen and oxygen atoms in total. The topological polar surface area (TPSA) is 71.1 Å². The summed E-state index contributed by atoms with van der Waals surface area (Å²) >= 11 is 0. The van der Waals surface area contributed by atoms with Crippen LogP contribution >= 0.6 is 0 Å². The Morgan fingerprint density at radius 1 is 1.19 bits per heavy atom. The number of ether oxygens (including phenoxy) is 2. The summed E-state index contributed by atoms with van der Waals surface area (Å²) in [4.78, 5) is 26.5. The molecule has 2 saturated heterocycles. The van der Waals surface area contributed by atoms with Gasteiger partial charge in [0.05, 0.1) is 13.7 Å². The third kappa shape index (κ3) is 4.71. The van der Waals surface area contributed by atoms with Gasteiger partial charge in [0.1, 0.15) is 11.4 Å². The molecule has 0 unspecified atom stereocenters. The van der Waals surface area contributed by atoms with E-state index in [9.17, 15) is 9.59 Å². The van der Waals surface area contributed by atoms with Gasteiger partial charge in [0.15, 0.2) is 0 Å². The highest BCUT2D eigenvalue weighted by Crippen LogP contribution is 2.32. The number of likely N-dealkylation sites (tertiary alicyclic amines) is 1. The van der Waals surface area contributed by atoms with Crippen LogP contribution in [0.3, 0.4) is 0 Å². The number of amides is 2. The first-order valence-corrected chi connectivity index (χ1v) is 9.39. The molecule has 0 aliphatic carbocycles. The van der Waals surface area contributed by atoms with Gasteiger partial charge in [0.25, 0.3) is 0 Å². The molecule has 0 radical (unpaired) electrons. The molecule has 1 N–H and O–H groups in total. The van der Waals surface area contributed by atoms with Gasteiger partial charge >= 0.3 is 6.09 Å². The third-order valence-corrected chi connectivity index (χ3v) is 5.03. The lowest BCUT2D eigenvalue weighted by atomic mass is 9.86. The van der Waals surface area contributed by atoms with Crippen molar-refractivity contribution in [1.29, 1.82) is 0 Å². The summed E-state index contributed by atoms with van der Waals surface area (Å²) in [5.74, 6) is 0.891. The Kier molecular flexibility index (Phi) is 5.33. The lowest BCUT2D eigenvalue weighted by Gasteiger charge is -2.39. The SMILES string of the molecule is COc1ccc(CN2NC3(CCN(C(=O)OC(C)(C)C)CC3)CC2=O)cc1. The summed E-state index contributed by atoms with van der Waals surface area (Å²) in [6.45, 7) is 7.29. The van der Waals surface area contributed by atoms with Crippen LogP contribution in [-0.4, -0.2) is 53.2 Å². The summed E-state index contributed by atoms with van der Waals surface area (Å²) in [7, 11) is 1.63. The van der Waals surface area contributed by atoms with Crippen molar-refractivity contribution in [2.45, 2.75) is 57.7 Å². The Morgan fingerprint density at radius 3 is 2.37 bits per heavy atom. The largest absolute Gasteiger partial charge is 0.497 e. The molecular weight excluding hydrogens is 346 g/mol. The second-order valence-electron chi connectivity index (χ2n) is 8.36. The monoisotopic (exact) mass is 375 g/mol. The predicted molar refractivity (Wildman–Crippen MR) is 101 cm³/mol. The van der Waals surface area contributed by atoms with E-state index in [2.05, 4.69) is 5.43 Å². The molecule has 0 saturated carbocycles. The fourth-order valence-electron chi connectivity index (χ4n) is 3.55. The number of piperidine rings is 1. The number of nitrogens with zero attached hydrogens (tertiary/aromatic N) is 2. The number of nitrogens with one attached hydrogen (secondary N) is 1. The molecule has 2 aliphatic rings. The zero-order chi connectivity index (χ0) is 19.7. The number of carbonyl (C=O) groups excluding carboxylic acids is 2. The second-order valence-corrected chi connectivity index (χ2v) is 8.36. The minimum atomic E-state index is -0.497. The molecule has 2 aliphatic heterocycles. The molecule has 7 heteroatoms. The van der Waals surface area contributed by atoms with Gasteiger partial charge in [0.2, 0.25) is 5.91 Å². The molecule has 0 bridgehead atoms. The Labute approximate surface area is 160 Å². The summed E-state index contributed by atoms with van der Waals surface area (Å²) in [6.07, 6.45) is 1.65. The van der Waals surface area contributed by atoms with Crippen molar-refractivity contribution < 1.29 is 19.1 Å². The first kappa shape index (κ1) is 19.5. The molecule has 2 heterocycles. The molecule has 3 rings (SSSR count). The minimum absolute atomic E-state index is 0.0940. The predicted octanol–water partition coefficient (Wildman–Crippen LogP) is 2.70. The van der Waals surface area contributed by atoms with Crippen molar-refractivity contribution in [3.63, 3.8) is 0 Å². The Balaban J connectivity index is 1.56. The number of carbonyl (C=O) groups is 2. The van der Waals surface area contributed by atoms with E-state index in [-0.39, 0.29) is 17.5 Å². The molecule has 148 valence electrons. The van der Waals surface area contributed by atoms with Crippen LogP contribution in [0, 0.1) is 0 Å². The molecule has 27 heavy (non-hydrogen) atoms. The van der Waals surface area contributed by atoms with Crippen LogP contribution in [0.5, 0.6) is 5.75 Å². The van der Waals surface area contributed by atoms with E-state index in [1.165, 1.54) is 0 Å². The highest BCUT2D eigenvalue weighted by atomic mass is 16.6. The normalized spacial score (nSPS) is 19.5. The molecule has 1 aromatic rings. The number of rotatable bonds is 3. The van der Waals surface area contributed by atoms with Gasteiger partial charge in [-0.3, -0.25) is 9.80 Å². The zero-order valence-electron chi connectivity index (χ0n) is 16.6. The molecule has 1 aromatic carbocycles. The van der Waals surface area contributed by atoms with E-state index in [1.807, 2.05) is 45.0 Å². The standard InChI is InChI=1S/C20H29N3O4/c1-19(2,3)27-18(25)22-11-9-20(10-12-22)13-17(24)23(21-20)14-15-5-7-16(26-4)8-6-15/h5-8,21H,9-14H2,1-4H3. The number of hydrogen-bond donors (Lipinski definition) is 1. The van der Waals surface area contributed by atoms with Crippen LogP contribution < -0.4 is 10.2 Å². The van der Waals surface area contributed by atoms with E-state index >= 15 is 0 Å². The number of benzene rings is 1. The number of methoxy groups -OCH3 is 1. The second kappa shape index (κ2) is 7.38. The summed E-state index contributed by atoms with van der Waals surface area (Å²) in [5, 5.41) is 1.70. The van der Waals surface area contributed by atoms with Gasteiger partial charge < -0.3 is 14.4 Å². The van der Waals surface area contributed by atoms with E-state index < -0.39 is 5.60 Å². The first-order chi connectivity index (χ1) is 12.7. The Bertz CT molecular complexity index is 688. The van der Waals surface area contributed by atoms with E-state index in [0.717, 1.165) is 24.2 Å². The summed E-state index contributed by atoms with van der Waals surface area (Å²) in [6, 6.07) is 7.71. The van der Waals surface area contributed by atoms with E-state index in [0.29, 0.717) is 26.1 Å². The molecule has 0 aromatic heterocycles. The fraction of sp³-hybridized carbons (Fsp3) is 0.600. The van der Waals surface area contributed by atoms with Crippen molar-refractivity contribution >= 4 is 12.0 Å². The maximum Gasteiger partial charge on any atom is 0.410 e. The van der Waals surface area contributed by atoms with E-state index in [1.54, 1.807) is 17.0 Å². The molecule has 0 atom stereocenters. The third-order valence-electron chi connectivity index (χ3n) is 5.03. The van der Waals surface area contributed by atoms with Crippen LogP contribution in [0.1, 0.15) is 45.6 Å². The van der Waals surface area contributed by atoms with Gasteiger partial charge in [-0.15, -0.1) is 0 Å². The molecule has 2 amide bonds. The Hall–Kier alpha value is -2.28. The van der Waals surface area contributed by atoms with Gasteiger partial charge in [-0.1, -0.05) is 12.1 Å². The molecular formula is C20H29N3O4. The zero-order valence-corrected chi connectivity index (χ0v) is 16.6. The van der Waals surface area contributed by atoms with Crippen LogP contribution in [0.2, 0.25) is 0 Å². The van der Waals surface area contributed by atoms with Crippen molar-refractivity contribution in [3.8, 4) is 5.75 Å². The highest BCUT2D eigenvalue weighted by molar-refractivity contribution is 5.79. The Morgan fingerprint density at radius 2 is 1.81 bits per heavy atom. The van der Waals surface area contributed by atoms with Gasteiger partial charge in [0, 0.05) is 25.0 Å². The van der Waals surface area contributed by atoms with Crippen molar-refractivity contribution in [3.05, 3.63) is 29.8 Å². The first-order valence-electron chi connectivity index (χ1n) is 9.39. The molecule has 2 fully saturated rings. The van der Waals surface area contributed by atoms with Crippen LogP contribution in [-0.2, 0) is 16.1 Å². The van der Waals surface area contributed by atoms with Crippen LogP contribution in [0.25, 0.3) is 0 Å². The van der Waals surface area contributed by atoms with Crippen molar-refractivity contribution in [2.24, 2.45) is 0 Å². The van der Waals surface area contributed by atoms with Crippen molar-refractivity contribution in [2.75, 3.05) is 20.2 Å². The average Bonchev–Trinajstić information content (AvgIpc) is 2.89. The molecule has 1 spiro atoms. The maximum atomic E-state index is 12.5.